The van der Waals surface area contributed by atoms with Gasteiger partial charge in [-0.05, 0) is 54.4 Å². The van der Waals surface area contributed by atoms with Crippen molar-refractivity contribution in [1.29, 1.82) is 5.41 Å². The van der Waals surface area contributed by atoms with Crippen LogP contribution in [0.2, 0.25) is 0 Å². The number of thioether (sulfide) groups is 1. The predicted molar refractivity (Wildman–Crippen MR) is 94.8 cm³/mol. The fourth-order valence-corrected chi connectivity index (χ4v) is 3.64. The molecule has 0 saturated heterocycles. The fraction of sp³-hybridized carbons (Fsp3) is 0.188. The monoisotopic (exact) mass is 392 g/mol. The van der Waals surface area contributed by atoms with Crippen molar-refractivity contribution >= 4 is 39.3 Å². The molecule has 1 heterocycles. The van der Waals surface area contributed by atoms with Crippen LogP contribution in [0.5, 0.6) is 0 Å². The summed E-state index contributed by atoms with van der Waals surface area (Å²) in [5.41, 5.74) is 1.62. The Morgan fingerprint density at radius 3 is 2.83 bits per heavy atom. The van der Waals surface area contributed by atoms with Gasteiger partial charge in [0.15, 0.2) is 0 Å². The third-order valence-electron chi connectivity index (χ3n) is 3.38. The van der Waals surface area contributed by atoms with Gasteiger partial charge in [0.25, 0.3) is 0 Å². The van der Waals surface area contributed by atoms with Crippen molar-refractivity contribution in [2.24, 2.45) is 10.2 Å². The van der Waals surface area contributed by atoms with Crippen molar-refractivity contribution < 1.29 is 4.39 Å². The van der Waals surface area contributed by atoms with Crippen molar-refractivity contribution in [2.45, 2.75) is 17.4 Å². The average molecular weight is 393 g/mol. The Labute approximate surface area is 146 Å². The van der Waals surface area contributed by atoms with Crippen LogP contribution in [0.25, 0.3) is 0 Å². The van der Waals surface area contributed by atoms with E-state index >= 15 is 0 Å². The maximum Gasteiger partial charge on any atom is 0.239 e. The van der Waals surface area contributed by atoms with Crippen LogP contribution < -0.4 is 5.32 Å². The number of hydrogen-bond donors (Lipinski definition) is 2. The summed E-state index contributed by atoms with van der Waals surface area (Å²) in [5, 5.41) is 18.9. The maximum absolute atomic E-state index is 13.4. The van der Waals surface area contributed by atoms with Crippen molar-refractivity contribution in [3.05, 3.63) is 58.3 Å². The maximum atomic E-state index is 13.4. The van der Waals surface area contributed by atoms with Crippen LogP contribution >= 0.6 is 27.7 Å². The predicted octanol–water partition coefficient (Wildman–Crippen LogP) is 5.62. The number of nitrogens with zero attached hydrogens (tertiary/aromatic N) is 2. The van der Waals surface area contributed by atoms with Gasteiger partial charge in [-0.1, -0.05) is 15.9 Å². The molecular formula is C16H14BrFN4S. The first-order valence-electron chi connectivity index (χ1n) is 7.06. The Balaban J connectivity index is 1.70. The minimum absolute atomic E-state index is 0.0384. The molecule has 2 aromatic rings. The molecule has 2 N–H and O–H groups in total. The summed E-state index contributed by atoms with van der Waals surface area (Å²) in [7, 11) is 0. The van der Waals surface area contributed by atoms with Crippen molar-refractivity contribution in [2.75, 3.05) is 11.1 Å². The Hall–Kier alpha value is -1.73. The first-order valence-corrected chi connectivity index (χ1v) is 8.84. The molecule has 4 nitrogen and oxygen atoms in total. The summed E-state index contributed by atoms with van der Waals surface area (Å²) >= 11 is 5.06. The van der Waals surface area contributed by atoms with Crippen LogP contribution in [0.1, 0.15) is 18.0 Å². The van der Waals surface area contributed by atoms with E-state index in [9.17, 15) is 4.39 Å². The molecule has 0 fully saturated rings. The molecule has 1 aliphatic heterocycles. The minimum atomic E-state index is -0.269. The lowest BCUT2D eigenvalue weighted by Gasteiger charge is -2.20. The van der Waals surface area contributed by atoms with Crippen molar-refractivity contribution in [1.82, 2.24) is 0 Å². The van der Waals surface area contributed by atoms with E-state index in [1.165, 1.54) is 12.1 Å². The Bertz CT molecular complexity index is 748. The number of hydrogen-bond acceptors (Lipinski definition) is 3. The Morgan fingerprint density at radius 2 is 2.04 bits per heavy atom. The zero-order valence-electron chi connectivity index (χ0n) is 12.1. The molecule has 1 atom stereocenters. The summed E-state index contributed by atoms with van der Waals surface area (Å²) in [6, 6.07) is 12.0. The van der Waals surface area contributed by atoms with Crippen LogP contribution in [0.3, 0.4) is 0 Å². The number of fused-ring (bicyclic) bond motifs is 1. The number of anilines is 1. The molecule has 0 saturated carbocycles. The lowest BCUT2D eigenvalue weighted by molar-refractivity contribution is 0.603. The first kappa shape index (κ1) is 16.1. The summed E-state index contributed by atoms with van der Waals surface area (Å²) < 4.78 is 14.4. The molecule has 3 rings (SSSR count). The second-order valence-electron chi connectivity index (χ2n) is 5.03. The van der Waals surface area contributed by atoms with Crippen LogP contribution in [-0.2, 0) is 0 Å². The highest BCUT2D eigenvalue weighted by Crippen LogP contribution is 2.38. The van der Waals surface area contributed by atoms with Gasteiger partial charge in [-0.2, -0.15) is 5.11 Å². The van der Waals surface area contributed by atoms with Gasteiger partial charge in [-0.15, -0.1) is 16.9 Å². The van der Waals surface area contributed by atoms with Gasteiger partial charge >= 0.3 is 0 Å². The lowest BCUT2D eigenvalue weighted by atomic mass is 10.0. The number of rotatable bonds is 2. The molecule has 0 radical (unpaired) electrons. The molecule has 23 heavy (non-hydrogen) atoms. The van der Waals surface area contributed by atoms with Gasteiger partial charge in [0.1, 0.15) is 5.82 Å². The highest BCUT2D eigenvalue weighted by molar-refractivity contribution is 9.10. The summed E-state index contributed by atoms with van der Waals surface area (Å²) in [6.45, 7) is 0. The normalized spacial score (nSPS) is 17.0. The molecule has 7 heteroatoms. The van der Waals surface area contributed by atoms with E-state index in [4.69, 9.17) is 5.41 Å². The molecule has 1 unspecified atom stereocenters. The van der Waals surface area contributed by atoms with E-state index in [1.807, 2.05) is 24.3 Å². The first-order chi connectivity index (χ1) is 11.1. The zero-order valence-corrected chi connectivity index (χ0v) is 14.5. The van der Waals surface area contributed by atoms with Gasteiger partial charge < -0.3 is 5.32 Å². The van der Waals surface area contributed by atoms with Crippen molar-refractivity contribution in [3.8, 4) is 0 Å². The van der Waals surface area contributed by atoms with Gasteiger partial charge in [0.05, 0.1) is 6.04 Å². The molecule has 118 valence electrons. The van der Waals surface area contributed by atoms with E-state index in [2.05, 4.69) is 31.5 Å². The van der Waals surface area contributed by atoms with Gasteiger partial charge in [-0.25, -0.2) is 4.39 Å². The molecule has 0 bridgehead atoms. The van der Waals surface area contributed by atoms with E-state index in [-0.39, 0.29) is 17.8 Å². The zero-order chi connectivity index (χ0) is 16.2. The number of azo groups is 1. The number of guanidine groups is 1. The molecular weight excluding hydrogens is 379 g/mol. The molecule has 1 aliphatic rings. The largest absolute Gasteiger partial charge is 0.323 e. The summed E-state index contributed by atoms with van der Waals surface area (Å²) in [4.78, 5) is 1.04. The van der Waals surface area contributed by atoms with Crippen LogP contribution in [0.15, 0.2) is 62.1 Å². The van der Waals surface area contributed by atoms with Gasteiger partial charge in [0.2, 0.25) is 5.96 Å². The molecule has 0 spiro atoms. The van der Waals surface area contributed by atoms with E-state index < -0.39 is 0 Å². The molecule has 0 amide bonds. The van der Waals surface area contributed by atoms with Crippen LogP contribution in [-0.4, -0.2) is 11.7 Å². The summed E-state index contributed by atoms with van der Waals surface area (Å²) in [5.74, 6) is 0.605. The number of nitrogens with one attached hydrogen (secondary N) is 2. The smallest absolute Gasteiger partial charge is 0.239 e. The lowest BCUT2D eigenvalue weighted by Crippen LogP contribution is -2.09. The van der Waals surface area contributed by atoms with E-state index in [1.54, 1.807) is 17.8 Å². The SMILES string of the molecule is N=C(N=NC1CCSc2ccc(F)cc21)Nc1ccc(Br)cc1. The van der Waals surface area contributed by atoms with Crippen LogP contribution in [0, 0.1) is 11.2 Å². The molecule has 0 aliphatic carbocycles. The van der Waals surface area contributed by atoms with Crippen LogP contribution in [0.4, 0.5) is 10.1 Å². The van der Waals surface area contributed by atoms with E-state index in [0.717, 1.165) is 32.8 Å². The van der Waals surface area contributed by atoms with Crippen molar-refractivity contribution in [3.63, 3.8) is 0 Å². The minimum Gasteiger partial charge on any atom is -0.323 e. The third kappa shape index (κ3) is 4.17. The molecule has 2 aromatic carbocycles. The van der Waals surface area contributed by atoms with Gasteiger partial charge in [-0.3, -0.25) is 5.41 Å². The Kier molecular flexibility index (Phi) is 5.07. The quantitative estimate of drug-likeness (QED) is 0.395. The average Bonchev–Trinajstić information content (AvgIpc) is 2.55. The molecule has 0 aromatic heterocycles. The highest BCUT2D eigenvalue weighted by Gasteiger charge is 2.21. The number of benzene rings is 2. The fourth-order valence-electron chi connectivity index (χ4n) is 2.29. The second-order valence-corrected chi connectivity index (χ2v) is 7.08. The standard InChI is InChI=1S/C16H14BrFN4S/c17-10-1-4-12(5-2-10)20-16(19)22-21-14-7-8-23-15-6-3-11(18)9-13(14)15/h1-6,9,14H,7-8H2,(H2,19,20). The Morgan fingerprint density at radius 1 is 1.26 bits per heavy atom. The van der Waals surface area contributed by atoms with Gasteiger partial charge in [0, 0.05) is 20.8 Å². The second kappa shape index (κ2) is 7.23. The highest BCUT2D eigenvalue weighted by atomic mass is 79.9. The third-order valence-corrected chi connectivity index (χ3v) is 5.04. The number of halogens is 2. The van der Waals surface area contributed by atoms with E-state index in [0.29, 0.717) is 0 Å². The topological polar surface area (TPSA) is 60.6 Å². The summed E-state index contributed by atoms with van der Waals surface area (Å²) in [6.07, 6.45) is 0.788.